The second kappa shape index (κ2) is 8.46. The zero-order valence-electron chi connectivity index (χ0n) is 18.0. The van der Waals surface area contributed by atoms with Crippen LogP contribution in [0.5, 0.6) is 5.75 Å². The van der Waals surface area contributed by atoms with Crippen LogP contribution in [0.4, 0.5) is 10.1 Å². The number of halogens is 1. The Morgan fingerprint density at radius 1 is 1.24 bits per heavy atom. The monoisotopic (exact) mass is 472 g/mol. The topological polar surface area (TPSA) is 95.9 Å². The van der Waals surface area contributed by atoms with Crippen molar-refractivity contribution in [3.63, 3.8) is 0 Å². The number of benzene rings is 2. The minimum absolute atomic E-state index is 0.0725. The number of anilines is 1. The normalized spacial score (nSPS) is 22.0. The molecule has 0 aromatic heterocycles. The maximum atomic E-state index is 13.9. The van der Waals surface area contributed by atoms with Gasteiger partial charge in [0.05, 0.1) is 17.2 Å². The van der Waals surface area contributed by atoms with Crippen LogP contribution in [0.3, 0.4) is 0 Å². The number of likely N-dealkylation sites (tertiary alicyclic amines) is 1. The summed E-state index contributed by atoms with van der Waals surface area (Å²) in [5.74, 6) is -0.931. The van der Waals surface area contributed by atoms with Gasteiger partial charge in [0.2, 0.25) is 0 Å². The first kappa shape index (κ1) is 21.9. The molecular formula is C24H25FN2O5S. The number of sulfonamides is 1. The lowest BCUT2D eigenvalue weighted by atomic mass is 10.0. The van der Waals surface area contributed by atoms with Gasteiger partial charge in [0, 0.05) is 12.5 Å². The van der Waals surface area contributed by atoms with Gasteiger partial charge in [-0.1, -0.05) is 18.2 Å². The van der Waals surface area contributed by atoms with E-state index >= 15 is 0 Å². The van der Waals surface area contributed by atoms with Crippen molar-refractivity contribution in [1.82, 2.24) is 4.90 Å². The van der Waals surface area contributed by atoms with Crippen molar-refractivity contribution in [2.45, 2.75) is 30.1 Å². The van der Waals surface area contributed by atoms with Crippen LogP contribution in [0.2, 0.25) is 0 Å². The maximum Gasteiger partial charge on any atom is 0.341 e. The third kappa shape index (κ3) is 4.35. The summed E-state index contributed by atoms with van der Waals surface area (Å²) < 4.78 is 48.5. The average Bonchev–Trinajstić information content (AvgIpc) is 3.38. The predicted octanol–water partition coefficient (Wildman–Crippen LogP) is 3.93. The summed E-state index contributed by atoms with van der Waals surface area (Å²) in [4.78, 5) is 14.1. The van der Waals surface area contributed by atoms with Crippen molar-refractivity contribution in [2.75, 3.05) is 31.0 Å². The number of ether oxygens (including phenoxy) is 1. The van der Waals surface area contributed by atoms with Crippen molar-refractivity contribution in [1.29, 1.82) is 0 Å². The van der Waals surface area contributed by atoms with Crippen molar-refractivity contribution in [2.24, 2.45) is 5.92 Å². The Balaban J connectivity index is 1.46. The van der Waals surface area contributed by atoms with E-state index < -0.39 is 21.8 Å². The van der Waals surface area contributed by atoms with Gasteiger partial charge in [0.25, 0.3) is 10.0 Å². The summed E-state index contributed by atoms with van der Waals surface area (Å²) in [7, 11) is -4.20. The molecule has 2 aliphatic heterocycles. The van der Waals surface area contributed by atoms with Gasteiger partial charge < -0.3 is 9.84 Å². The number of fused-ring (bicyclic) bond motifs is 3. The Morgan fingerprint density at radius 2 is 2.03 bits per heavy atom. The molecular weight excluding hydrogens is 447 g/mol. The molecule has 0 amide bonds. The minimum Gasteiger partial charge on any atom is -0.492 e. The second-order valence-corrected chi connectivity index (χ2v) is 10.5. The van der Waals surface area contributed by atoms with Crippen molar-refractivity contribution in [3.05, 3.63) is 58.9 Å². The standard InChI is InChI=1S/C24H25FN2O5S/c25-17-5-8-21(15(12-17)4-3-11-27-9-1-2-10-27)33(30,31)26-20-7-6-18-19-13-16(19)14-32-23(18)22(20)24(28)29/h3-8,12,16,19,26H,1-2,9-11,13-14H2,(H,28,29)/t16-,19-/m0/s1. The van der Waals surface area contributed by atoms with Gasteiger partial charge in [-0.05, 0) is 73.7 Å². The Hall–Kier alpha value is -2.91. The Morgan fingerprint density at radius 3 is 2.79 bits per heavy atom. The number of rotatable bonds is 7. The first-order valence-corrected chi connectivity index (χ1v) is 12.6. The van der Waals surface area contributed by atoms with Gasteiger partial charge in [0.15, 0.2) is 0 Å². The van der Waals surface area contributed by atoms with E-state index in [0.717, 1.165) is 50.0 Å². The van der Waals surface area contributed by atoms with E-state index in [1.165, 1.54) is 12.1 Å². The molecule has 174 valence electrons. The van der Waals surface area contributed by atoms with E-state index in [0.29, 0.717) is 19.1 Å². The molecule has 7 nitrogen and oxygen atoms in total. The summed E-state index contributed by atoms with van der Waals surface area (Å²) in [6, 6.07) is 6.63. The number of carbonyl (C=O) groups is 1. The number of carboxylic acids is 1. The summed E-state index contributed by atoms with van der Waals surface area (Å²) in [5, 5.41) is 9.82. The molecule has 9 heteroatoms. The van der Waals surface area contributed by atoms with Crippen LogP contribution in [-0.4, -0.2) is 50.6 Å². The highest BCUT2D eigenvalue weighted by molar-refractivity contribution is 7.92. The molecule has 0 unspecified atom stereocenters. The number of hydrogen-bond donors (Lipinski definition) is 2. The van der Waals surface area contributed by atoms with Gasteiger partial charge >= 0.3 is 5.97 Å². The minimum atomic E-state index is -4.20. The lowest BCUT2D eigenvalue weighted by Crippen LogP contribution is -2.20. The first-order valence-electron chi connectivity index (χ1n) is 11.1. The van der Waals surface area contributed by atoms with E-state index in [2.05, 4.69) is 9.62 Å². The van der Waals surface area contributed by atoms with Gasteiger partial charge in [-0.3, -0.25) is 9.62 Å². The average molecular weight is 473 g/mol. The quantitative estimate of drug-likeness (QED) is 0.634. The summed E-state index contributed by atoms with van der Waals surface area (Å²) in [6.07, 6.45) is 6.63. The fourth-order valence-corrected chi connectivity index (χ4v) is 5.99. The van der Waals surface area contributed by atoms with E-state index in [9.17, 15) is 22.7 Å². The predicted molar refractivity (Wildman–Crippen MR) is 122 cm³/mol. The van der Waals surface area contributed by atoms with Crippen LogP contribution >= 0.6 is 0 Å². The third-order valence-corrected chi connectivity index (χ3v) is 7.97. The molecule has 2 atom stereocenters. The van der Waals surface area contributed by atoms with E-state index in [-0.39, 0.29) is 33.4 Å². The SMILES string of the molecule is O=C(O)c1c(NS(=O)(=O)c2ccc(F)cc2C=CCN2CCCC2)ccc2c1OC[C@@H]1C[C@H]21. The van der Waals surface area contributed by atoms with Crippen LogP contribution in [-0.2, 0) is 10.0 Å². The number of aromatic carboxylic acids is 1. The van der Waals surface area contributed by atoms with E-state index in [1.807, 2.05) is 6.08 Å². The highest BCUT2D eigenvalue weighted by atomic mass is 32.2. The fourth-order valence-electron chi connectivity index (χ4n) is 4.73. The molecule has 1 aliphatic carbocycles. The summed E-state index contributed by atoms with van der Waals surface area (Å²) in [5.41, 5.74) is 0.735. The van der Waals surface area contributed by atoms with Crippen molar-refractivity contribution in [3.8, 4) is 5.75 Å². The molecule has 2 N–H and O–H groups in total. The van der Waals surface area contributed by atoms with Crippen LogP contribution in [0.25, 0.3) is 6.08 Å². The Kier molecular flexibility index (Phi) is 5.62. The number of nitrogens with zero attached hydrogens (tertiary/aromatic N) is 1. The zero-order chi connectivity index (χ0) is 23.2. The lowest BCUT2D eigenvalue weighted by molar-refractivity contribution is 0.0692. The molecule has 0 bridgehead atoms. The largest absolute Gasteiger partial charge is 0.492 e. The molecule has 2 aromatic carbocycles. The summed E-state index contributed by atoms with van der Waals surface area (Å²) >= 11 is 0. The molecule has 2 fully saturated rings. The molecule has 1 saturated carbocycles. The van der Waals surface area contributed by atoms with Crippen molar-refractivity contribution < 1.29 is 27.4 Å². The lowest BCUT2D eigenvalue weighted by Gasteiger charge is -2.21. The third-order valence-electron chi connectivity index (χ3n) is 6.53. The molecule has 2 heterocycles. The van der Waals surface area contributed by atoms with Crippen molar-refractivity contribution >= 4 is 27.8 Å². The molecule has 3 aliphatic rings. The van der Waals surface area contributed by atoms with Crippen LogP contribution in [0.15, 0.2) is 41.3 Å². The van der Waals surface area contributed by atoms with Gasteiger partial charge in [-0.2, -0.15) is 0 Å². The van der Waals surface area contributed by atoms with Gasteiger partial charge in [-0.25, -0.2) is 17.6 Å². The van der Waals surface area contributed by atoms with Crippen LogP contribution < -0.4 is 9.46 Å². The number of carboxylic acid groups (broad SMARTS) is 1. The Labute approximate surface area is 191 Å². The highest BCUT2D eigenvalue weighted by Gasteiger charge is 2.45. The molecule has 33 heavy (non-hydrogen) atoms. The van der Waals surface area contributed by atoms with Crippen LogP contribution in [0, 0.1) is 11.7 Å². The van der Waals surface area contributed by atoms with E-state index in [4.69, 9.17) is 4.74 Å². The number of nitrogens with one attached hydrogen (secondary N) is 1. The van der Waals surface area contributed by atoms with E-state index in [1.54, 1.807) is 12.1 Å². The maximum absolute atomic E-state index is 13.9. The highest BCUT2D eigenvalue weighted by Crippen LogP contribution is 2.55. The molecule has 1 saturated heterocycles. The smallest absolute Gasteiger partial charge is 0.341 e. The molecule has 0 spiro atoms. The molecule has 2 aromatic rings. The number of hydrogen-bond acceptors (Lipinski definition) is 5. The summed E-state index contributed by atoms with van der Waals surface area (Å²) in [6.45, 7) is 3.05. The van der Waals surface area contributed by atoms with Gasteiger partial charge in [-0.15, -0.1) is 0 Å². The van der Waals surface area contributed by atoms with Gasteiger partial charge in [0.1, 0.15) is 17.1 Å². The molecule has 5 rings (SSSR count). The first-order chi connectivity index (χ1) is 15.8. The Bertz CT molecular complexity index is 1240. The fraction of sp³-hybridized carbons (Fsp3) is 0.375. The zero-order valence-corrected chi connectivity index (χ0v) is 18.8. The molecule has 0 radical (unpaired) electrons. The van der Waals surface area contributed by atoms with Crippen LogP contribution in [0.1, 0.15) is 46.7 Å². The second-order valence-electron chi connectivity index (χ2n) is 8.82.